The van der Waals surface area contributed by atoms with E-state index in [9.17, 15) is 4.79 Å². The molecule has 0 aromatic heterocycles. The quantitative estimate of drug-likeness (QED) is 0.484. The highest BCUT2D eigenvalue weighted by molar-refractivity contribution is 5.87. The lowest BCUT2D eigenvalue weighted by Crippen LogP contribution is -2.15. The highest BCUT2D eigenvalue weighted by atomic mass is 16.5. The molecule has 0 N–H and O–H groups in total. The third kappa shape index (κ3) is 2.58. The Balaban J connectivity index is 2.40. The molecule has 2 heteroatoms. The van der Waals surface area contributed by atoms with E-state index in [1.54, 1.807) is 6.92 Å². The highest BCUT2D eigenvalue weighted by Crippen LogP contribution is 2.33. The summed E-state index contributed by atoms with van der Waals surface area (Å²) in [4.78, 5) is 11.2. The Morgan fingerprint density at radius 2 is 1.77 bits per heavy atom. The van der Waals surface area contributed by atoms with Gasteiger partial charge in [-0.15, -0.1) is 0 Å². The van der Waals surface area contributed by atoms with Gasteiger partial charge in [0.2, 0.25) is 0 Å². The second-order valence-electron chi connectivity index (χ2n) is 4.23. The van der Waals surface area contributed by atoms with Crippen molar-refractivity contribution in [2.24, 2.45) is 11.8 Å². The Morgan fingerprint density at radius 1 is 1.31 bits per heavy atom. The molecule has 2 atom stereocenters. The van der Waals surface area contributed by atoms with Gasteiger partial charge >= 0.3 is 5.97 Å². The number of carbonyl (C=O) groups excluding carboxylic acids is 1. The van der Waals surface area contributed by atoms with Crippen molar-refractivity contribution < 1.29 is 9.53 Å². The summed E-state index contributed by atoms with van der Waals surface area (Å²) in [5, 5.41) is 0. The molecule has 1 rings (SSSR count). The molecule has 0 bridgehead atoms. The maximum Gasteiger partial charge on any atom is 0.333 e. The van der Waals surface area contributed by atoms with E-state index in [0.29, 0.717) is 17.4 Å². The molecule has 1 saturated carbocycles. The van der Waals surface area contributed by atoms with E-state index in [2.05, 4.69) is 20.4 Å². The average molecular weight is 182 g/mol. The topological polar surface area (TPSA) is 26.3 Å². The Hall–Kier alpha value is -0.790. The molecule has 0 amide bonds. The summed E-state index contributed by atoms with van der Waals surface area (Å²) >= 11 is 0. The molecule has 1 aliphatic rings. The zero-order chi connectivity index (χ0) is 10.0. The van der Waals surface area contributed by atoms with Crippen LogP contribution in [0.3, 0.4) is 0 Å². The maximum atomic E-state index is 11.2. The van der Waals surface area contributed by atoms with Gasteiger partial charge in [0.05, 0.1) is 0 Å². The second-order valence-corrected chi connectivity index (χ2v) is 4.23. The summed E-state index contributed by atoms with van der Waals surface area (Å²) in [6, 6.07) is 0. The highest BCUT2D eigenvalue weighted by Gasteiger charge is 2.30. The van der Waals surface area contributed by atoms with Crippen LogP contribution in [-0.4, -0.2) is 12.1 Å². The number of carbonyl (C=O) groups is 1. The van der Waals surface area contributed by atoms with E-state index in [1.807, 2.05) is 0 Å². The van der Waals surface area contributed by atoms with Crippen molar-refractivity contribution in [3.63, 3.8) is 0 Å². The minimum atomic E-state index is -0.244. The third-order valence-corrected chi connectivity index (χ3v) is 2.86. The van der Waals surface area contributed by atoms with E-state index in [0.717, 1.165) is 12.8 Å². The normalized spacial score (nSPS) is 33.0. The van der Waals surface area contributed by atoms with Crippen LogP contribution in [0.25, 0.3) is 0 Å². The fraction of sp³-hybridized carbons (Fsp3) is 0.727. The SMILES string of the molecule is C=C(C)C(=O)OC1CC(C)C(C)C1. The smallest absolute Gasteiger partial charge is 0.333 e. The summed E-state index contributed by atoms with van der Waals surface area (Å²) in [5.41, 5.74) is 0.493. The van der Waals surface area contributed by atoms with E-state index < -0.39 is 0 Å². The monoisotopic (exact) mass is 182 g/mol. The molecule has 0 aliphatic heterocycles. The lowest BCUT2D eigenvalue weighted by molar-refractivity contribution is -0.144. The molecule has 0 radical (unpaired) electrons. The number of esters is 1. The molecule has 0 saturated heterocycles. The van der Waals surface area contributed by atoms with Gasteiger partial charge in [0.1, 0.15) is 6.10 Å². The van der Waals surface area contributed by atoms with Gasteiger partial charge in [-0.1, -0.05) is 20.4 Å². The average Bonchev–Trinajstić information content (AvgIpc) is 2.31. The van der Waals surface area contributed by atoms with E-state index in [4.69, 9.17) is 4.74 Å². The first-order chi connectivity index (χ1) is 6.00. The Bertz CT molecular complexity index is 210. The van der Waals surface area contributed by atoms with Gasteiger partial charge in [0.15, 0.2) is 0 Å². The van der Waals surface area contributed by atoms with Crippen LogP contribution in [0, 0.1) is 11.8 Å². The first kappa shape index (κ1) is 10.3. The van der Waals surface area contributed by atoms with Crippen molar-refractivity contribution in [1.82, 2.24) is 0 Å². The standard InChI is InChI=1S/C11H18O2/c1-7(2)11(12)13-10-5-8(3)9(4)6-10/h8-10H,1,5-6H2,2-4H3. The zero-order valence-corrected chi connectivity index (χ0v) is 8.67. The number of rotatable bonds is 2. The first-order valence-electron chi connectivity index (χ1n) is 4.87. The van der Waals surface area contributed by atoms with Crippen molar-refractivity contribution in [2.45, 2.75) is 39.7 Å². The van der Waals surface area contributed by atoms with Crippen LogP contribution in [0.4, 0.5) is 0 Å². The van der Waals surface area contributed by atoms with Crippen LogP contribution < -0.4 is 0 Å². The van der Waals surface area contributed by atoms with Gasteiger partial charge in [-0.05, 0) is 31.6 Å². The molecule has 0 aromatic carbocycles. The molecule has 0 heterocycles. The lowest BCUT2D eigenvalue weighted by Gasteiger charge is -2.11. The summed E-state index contributed by atoms with van der Waals surface area (Å²) < 4.78 is 5.28. The fourth-order valence-electron chi connectivity index (χ4n) is 1.74. The predicted octanol–water partition coefficient (Wildman–Crippen LogP) is 2.54. The number of hydrogen-bond acceptors (Lipinski definition) is 2. The molecule has 74 valence electrons. The molecular weight excluding hydrogens is 164 g/mol. The minimum Gasteiger partial charge on any atom is -0.459 e. The summed E-state index contributed by atoms with van der Waals surface area (Å²) in [5.74, 6) is 1.09. The largest absolute Gasteiger partial charge is 0.459 e. The van der Waals surface area contributed by atoms with Crippen LogP contribution in [-0.2, 0) is 9.53 Å². The predicted molar refractivity (Wildman–Crippen MR) is 52.3 cm³/mol. The Labute approximate surface area is 80.0 Å². The molecule has 2 unspecified atom stereocenters. The molecule has 2 nitrogen and oxygen atoms in total. The number of ether oxygens (including phenoxy) is 1. The molecule has 0 spiro atoms. The van der Waals surface area contributed by atoms with Crippen LogP contribution >= 0.6 is 0 Å². The van der Waals surface area contributed by atoms with Crippen molar-refractivity contribution in [1.29, 1.82) is 0 Å². The van der Waals surface area contributed by atoms with Crippen LogP contribution in [0.2, 0.25) is 0 Å². The van der Waals surface area contributed by atoms with E-state index in [1.165, 1.54) is 0 Å². The summed E-state index contributed by atoms with van der Waals surface area (Å²) in [7, 11) is 0. The molecule has 13 heavy (non-hydrogen) atoms. The van der Waals surface area contributed by atoms with Crippen molar-refractivity contribution in [3.8, 4) is 0 Å². The van der Waals surface area contributed by atoms with Gasteiger partial charge in [-0.25, -0.2) is 4.79 Å². The molecule has 0 aromatic rings. The molecule has 1 aliphatic carbocycles. The third-order valence-electron chi connectivity index (χ3n) is 2.86. The van der Waals surface area contributed by atoms with E-state index >= 15 is 0 Å². The molecule has 1 fully saturated rings. The van der Waals surface area contributed by atoms with E-state index in [-0.39, 0.29) is 12.1 Å². The van der Waals surface area contributed by atoms with Gasteiger partial charge in [-0.3, -0.25) is 0 Å². The second kappa shape index (κ2) is 3.95. The van der Waals surface area contributed by atoms with Crippen LogP contribution in [0.5, 0.6) is 0 Å². The fourth-order valence-corrected chi connectivity index (χ4v) is 1.74. The minimum absolute atomic E-state index is 0.120. The van der Waals surface area contributed by atoms with Crippen LogP contribution in [0.1, 0.15) is 33.6 Å². The number of hydrogen-bond donors (Lipinski definition) is 0. The summed E-state index contributed by atoms with van der Waals surface area (Å²) in [6.07, 6.45) is 2.12. The summed E-state index contributed by atoms with van der Waals surface area (Å²) in [6.45, 7) is 9.66. The van der Waals surface area contributed by atoms with Crippen LogP contribution in [0.15, 0.2) is 12.2 Å². The molecular formula is C11H18O2. The maximum absolute atomic E-state index is 11.2. The van der Waals surface area contributed by atoms with Crippen molar-refractivity contribution >= 4 is 5.97 Å². The van der Waals surface area contributed by atoms with Gasteiger partial charge in [-0.2, -0.15) is 0 Å². The Kier molecular flexibility index (Phi) is 3.12. The first-order valence-corrected chi connectivity index (χ1v) is 4.87. The van der Waals surface area contributed by atoms with Crippen molar-refractivity contribution in [2.75, 3.05) is 0 Å². The van der Waals surface area contributed by atoms with Crippen molar-refractivity contribution in [3.05, 3.63) is 12.2 Å². The van der Waals surface area contributed by atoms with Gasteiger partial charge < -0.3 is 4.74 Å². The Morgan fingerprint density at radius 3 is 2.15 bits per heavy atom. The lowest BCUT2D eigenvalue weighted by atomic mass is 10.0. The van der Waals surface area contributed by atoms with Gasteiger partial charge in [0, 0.05) is 5.57 Å². The van der Waals surface area contributed by atoms with Gasteiger partial charge in [0.25, 0.3) is 0 Å². The zero-order valence-electron chi connectivity index (χ0n) is 8.67.